The zero-order chi connectivity index (χ0) is 19.3. The molecule has 138 valence electrons. The molecule has 6 nitrogen and oxygen atoms in total. The van der Waals surface area contributed by atoms with Crippen LogP contribution in [0.1, 0.15) is 31.8 Å². The third kappa shape index (κ3) is 3.61. The maximum Gasteiger partial charge on any atom is 0.271 e. The molecule has 6 heteroatoms. The molecule has 2 amide bonds. The van der Waals surface area contributed by atoms with Gasteiger partial charge in [-0.25, -0.2) is 5.43 Å². The van der Waals surface area contributed by atoms with Crippen LogP contribution in [0.4, 0.5) is 0 Å². The number of fused-ring (bicyclic) bond motifs is 1. The van der Waals surface area contributed by atoms with E-state index in [0.717, 1.165) is 11.1 Å². The molecule has 0 atom stereocenters. The Hall–Kier alpha value is -3.93. The van der Waals surface area contributed by atoms with Gasteiger partial charge >= 0.3 is 0 Å². The van der Waals surface area contributed by atoms with E-state index in [2.05, 4.69) is 16.0 Å². The van der Waals surface area contributed by atoms with Gasteiger partial charge in [0.25, 0.3) is 11.8 Å². The predicted molar refractivity (Wildman–Crippen MR) is 106 cm³/mol. The van der Waals surface area contributed by atoms with Gasteiger partial charge in [-0.3, -0.25) is 20.0 Å². The molecule has 3 aromatic carbocycles. The number of carbonyl (C=O) groups is 2. The number of hydrogen-bond acceptors (Lipinski definition) is 3. The van der Waals surface area contributed by atoms with Gasteiger partial charge in [0.15, 0.2) is 5.84 Å². The van der Waals surface area contributed by atoms with E-state index in [0.29, 0.717) is 23.5 Å². The number of hydrazine groups is 1. The standard InChI is InChI=1S/C22H18N4O2/c27-21(16-9-3-1-4-10-16)24-23-20-19-14-8-7-13-18(19)15-26(20)25-22(28)17-11-5-2-6-12-17/h1-14H,15H2,(H,24,27)(H,25,28)/b23-20+. The van der Waals surface area contributed by atoms with Gasteiger partial charge in [-0.05, 0) is 29.8 Å². The Labute approximate surface area is 162 Å². The third-order valence-electron chi connectivity index (χ3n) is 4.41. The van der Waals surface area contributed by atoms with Crippen molar-refractivity contribution < 1.29 is 9.59 Å². The van der Waals surface area contributed by atoms with Crippen LogP contribution in [-0.2, 0) is 6.54 Å². The first-order valence-corrected chi connectivity index (χ1v) is 8.87. The average Bonchev–Trinajstić information content (AvgIpc) is 3.10. The first kappa shape index (κ1) is 17.5. The quantitative estimate of drug-likeness (QED) is 0.694. The number of hydrazone groups is 1. The second kappa shape index (κ2) is 7.75. The van der Waals surface area contributed by atoms with Crippen molar-refractivity contribution in [2.45, 2.75) is 6.54 Å². The number of rotatable bonds is 4. The number of benzene rings is 3. The summed E-state index contributed by atoms with van der Waals surface area (Å²) in [5.74, 6) is -0.0635. The van der Waals surface area contributed by atoms with Crippen LogP contribution >= 0.6 is 0 Å². The number of carbonyl (C=O) groups excluding carboxylic acids is 2. The summed E-state index contributed by atoms with van der Waals surface area (Å²) < 4.78 is 0. The summed E-state index contributed by atoms with van der Waals surface area (Å²) in [5, 5.41) is 5.94. The minimum Gasteiger partial charge on any atom is -0.267 e. The van der Waals surface area contributed by atoms with Crippen LogP contribution < -0.4 is 10.9 Å². The molecule has 0 aromatic heterocycles. The maximum absolute atomic E-state index is 12.6. The summed E-state index contributed by atoms with van der Waals surface area (Å²) >= 11 is 0. The van der Waals surface area contributed by atoms with Gasteiger partial charge in [-0.1, -0.05) is 60.7 Å². The minimum absolute atomic E-state index is 0.240. The topological polar surface area (TPSA) is 73.8 Å². The van der Waals surface area contributed by atoms with Crippen molar-refractivity contribution >= 4 is 17.6 Å². The van der Waals surface area contributed by atoms with Crippen molar-refractivity contribution in [3.63, 3.8) is 0 Å². The number of amidine groups is 1. The summed E-state index contributed by atoms with van der Waals surface area (Å²) in [7, 11) is 0. The Balaban J connectivity index is 1.57. The average molecular weight is 370 g/mol. The van der Waals surface area contributed by atoms with Gasteiger partial charge in [-0.15, -0.1) is 0 Å². The van der Waals surface area contributed by atoms with E-state index >= 15 is 0 Å². The van der Waals surface area contributed by atoms with Crippen LogP contribution in [0, 0.1) is 0 Å². The van der Waals surface area contributed by atoms with Crippen molar-refractivity contribution in [3.8, 4) is 0 Å². The fourth-order valence-electron chi connectivity index (χ4n) is 3.01. The molecule has 2 N–H and O–H groups in total. The molecule has 0 aliphatic carbocycles. The van der Waals surface area contributed by atoms with E-state index in [1.165, 1.54) is 0 Å². The molecule has 0 bridgehead atoms. The lowest BCUT2D eigenvalue weighted by Crippen LogP contribution is -2.43. The van der Waals surface area contributed by atoms with Crippen LogP contribution in [0.25, 0.3) is 0 Å². The van der Waals surface area contributed by atoms with Crippen molar-refractivity contribution in [3.05, 3.63) is 107 Å². The summed E-state index contributed by atoms with van der Waals surface area (Å²) in [5.41, 5.74) is 8.39. The first-order valence-electron chi connectivity index (χ1n) is 8.87. The molecular formula is C22H18N4O2. The van der Waals surface area contributed by atoms with Crippen molar-refractivity contribution in [2.24, 2.45) is 5.10 Å². The van der Waals surface area contributed by atoms with Gasteiger partial charge in [-0.2, -0.15) is 5.10 Å². The number of nitrogens with one attached hydrogen (secondary N) is 2. The zero-order valence-corrected chi connectivity index (χ0v) is 15.0. The Morgan fingerprint density at radius 1 is 0.750 bits per heavy atom. The Kier molecular flexibility index (Phi) is 4.84. The van der Waals surface area contributed by atoms with Crippen molar-refractivity contribution in [1.82, 2.24) is 15.9 Å². The highest BCUT2D eigenvalue weighted by molar-refractivity contribution is 6.05. The van der Waals surface area contributed by atoms with E-state index in [9.17, 15) is 9.59 Å². The Morgan fingerprint density at radius 2 is 1.32 bits per heavy atom. The van der Waals surface area contributed by atoms with Gasteiger partial charge in [0.1, 0.15) is 0 Å². The molecule has 0 spiro atoms. The van der Waals surface area contributed by atoms with Crippen LogP contribution in [0.2, 0.25) is 0 Å². The summed E-state index contributed by atoms with van der Waals surface area (Å²) in [4.78, 5) is 24.9. The van der Waals surface area contributed by atoms with E-state index in [4.69, 9.17) is 0 Å². The molecule has 3 aromatic rings. The number of amides is 2. The van der Waals surface area contributed by atoms with Gasteiger partial charge in [0.05, 0.1) is 6.54 Å². The lowest BCUT2D eigenvalue weighted by Gasteiger charge is -2.20. The van der Waals surface area contributed by atoms with Crippen LogP contribution in [0.5, 0.6) is 0 Å². The third-order valence-corrected chi connectivity index (χ3v) is 4.41. The van der Waals surface area contributed by atoms with E-state index in [-0.39, 0.29) is 11.8 Å². The van der Waals surface area contributed by atoms with E-state index < -0.39 is 0 Å². The van der Waals surface area contributed by atoms with Crippen molar-refractivity contribution in [2.75, 3.05) is 0 Å². The highest BCUT2D eigenvalue weighted by Gasteiger charge is 2.27. The molecule has 0 unspecified atom stereocenters. The molecule has 0 saturated heterocycles. The van der Waals surface area contributed by atoms with Gasteiger partial charge in [0, 0.05) is 16.7 Å². The fraction of sp³-hybridized carbons (Fsp3) is 0.0455. The minimum atomic E-state index is -0.313. The highest BCUT2D eigenvalue weighted by atomic mass is 16.2. The Bertz CT molecular complexity index is 1030. The lowest BCUT2D eigenvalue weighted by molar-refractivity contribution is 0.0869. The molecule has 0 fully saturated rings. The molecule has 28 heavy (non-hydrogen) atoms. The SMILES string of the molecule is O=C(N/N=C1\c2ccccc2CN1NC(=O)c1ccccc1)c1ccccc1. The van der Waals surface area contributed by atoms with Gasteiger partial charge < -0.3 is 0 Å². The molecule has 0 saturated carbocycles. The number of hydrogen-bond donors (Lipinski definition) is 2. The maximum atomic E-state index is 12.6. The lowest BCUT2D eigenvalue weighted by atomic mass is 10.1. The van der Waals surface area contributed by atoms with Crippen molar-refractivity contribution in [1.29, 1.82) is 0 Å². The fourth-order valence-corrected chi connectivity index (χ4v) is 3.01. The summed E-state index contributed by atoms with van der Waals surface area (Å²) in [6.45, 7) is 0.467. The molecule has 1 aliphatic rings. The Morgan fingerprint density at radius 3 is 2.00 bits per heavy atom. The second-order valence-electron chi connectivity index (χ2n) is 6.29. The normalized spacial score (nSPS) is 13.9. The van der Waals surface area contributed by atoms with Crippen LogP contribution in [0.15, 0.2) is 90.0 Å². The molecular weight excluding hydrogens is 352 g/mol. The predicted octanol–water partition coefficient (Wildman–Crippen LogP) is 2.94. The molecule has 4 rings (SSSR count). The zero-order valence-electron chi connectivity index (χ0n) is 15.0. The smallest absolute Gasteiger partial charge is 0.267 e. The second-order valence-corrected chi connectivity index (χ2v) is 6.29. The summed E-state index contributed by atoms with van der Waals surface area (Å²) in [6.07, 6.45) is 0. The first-order chi connectivity index (χ1) is 13.7. The monoisotopic (exact) mass is 370 g/mol. The van der Waals surface area contributed by atoms with Gasteiger partial charge in [0.2, 0.25) is 0 Å². The molecule has 0 radical (unpaired) electrons. The number of nitrogens with zero attached hydrogens (tertiary/aromatic N) is 2. The molecule has 1 heterocycles. The largest absolute Gasteiger partial charge is 0.271 e. The van der Waals surface area contributed by atoms with E-state index in [1.54, 1.807) is 41.4 Å². The highest BCUT2D eigenvalue weighted by Crippen LogP contribution is 2.21. The van der Waals surface area contributed by atoms with Crippen LogP contribution in [0.3, 0.4) is 0 Å². The van der Waals surface area contributed by atoms with Crippen LogP contribution in [-0.4, -0.2) is 22.7 Å². The van der Waals surface area contributed by atoms with E-state index in [1.807, 2.05) is 48.5 Å². The molecule has 1 aliphatic heterocycles. The summed E-state index contributed by atoms with van der Waals surface area (Å²) in [6, 6.07) is 25.5.